The van der Waals surface area contributed by atoms with Gasteiger partial charge in [-0.15, -0.1) is 0 Å². The molecular formula is C17H29N11S. The molecule has 0 aliphatic rings. The van der Waals surface area contributed by atoms with Gasteiger partial charge < -0.3 is 22.1 Å². The van der Waals surface area contributed by atoms with Crippen LogP contribution in [0.25, 0.3) is 0 Å². The third-order valence-corrected chi connectivity index (χ3v) is 4.80. The lowest BCUT2D eigenvalue weighted by Crippen LogP contribution is -2.37. The molecule has 0 bridgehead atoms. The summed E-state index contributed by atoms with van der Waals surface area (Å²) in [5, 5.41) is 28.2. The summed E-state index contributed by atoms with van der Waals surface area (Å²) in [7, 11) is 3.20. The molecule has 0 radical (unpaired) electrons. The van der Waals surface area contributed by atoms with Crippen molar-refractivity contribution in [1.29, 1.82) is 10.5 Å². The Bertz CT molecular complexity index is 683. The van der Waals surface area contributed by atoms with E-state index < -0.39 is 0 Å². The molecule has 0 aliphatic carbocycles. The monoisotopic (exact) mass is 419 g/mol. The van der Waals surface area contributed by atoms with Gasteiger partial charge in [0.2, 0.25) is 11.9 Å². The van der Waals surface area contributed by atoms with Gasteiger partial charge in [0, 0.05) is 50.6 Å². The van der Waals surface area contributed by atoms with Gasteiger partial charge in [-0.2, -0.15) is 14.9 Å². The third kappa shape index (κ3) is 10.3. The van der Waals surface area contributed by atoms with Crippen LogP contribution in [0.1, 0.15) is 23.4 Å². The van der Waals surface area contributed by atoms with Gasteiger partial charge >= 0.3 is 0 Å². The number of aromatic nitrogens is 1. The molecule has 2 atom stereocenters. The van der Waals surface area contributed by atoms with E-state index in [0.29, 0.717) is 31.4 Å². The fourth-order valence-electron chi connectivity index (χ4n) is 2.50. The Morgan fingerprint density at radius 1 is 1.03 bits per heavy atom. The smallest absolute Gasteiger partial charge is 0.204 e. The lowest BCUT2D eigenvalue weighted by Gasteiger charge is -2.12. The number of rotatable bonds is 10. The van der Waals surface area contributed by atoms with Crippen molar-refractivity contribution in [2.24, 2.45) is 21.5 Å². The number of nitrogens with zero attached hydrogens (tertiary/aromatic N) is 5. The maximum atomic E-state index is 8.60. The topological polar surface area (TPSA) is 185 Å². The largest absolute Gasteiger partial charge is 0.356 e. The van der Waals surface area contributed by atoms with Gasteiger partial charge in [-0.1, -0.05) is 0 Å². The molecule has 0 aromatic carbocycles. The van der Waals surface area contributed by atoms with E-state index in [4.69, 9.17) is 22.0 Å². The summed E-state index contributed by atoms with van der Waals surface area (Å²) in [5.41, 5.74) is 13.3. The first-order valence-electron chi connectivity index (χ1n) is 9.19. The summed E-state index contributed by atoms with van der Waals surface area (Å²) >= 11 is 1.45. The minimum absolute atomic E-state index is 0.0201. The summed E-state index contributed by atoms with van der Waals surface area (Å²) in [4.78, 5) is 8.95. The second-order valence-electron chi connectivity index (χ2n) is 6.26. The van der Waals surface area contributed by atoms with E-state index in [0.717, 1.165) is 29.8 Å². The zero-order chi connectivity index (χ0) is 21.5. The average Bonchev–Trinajstić information content (AvgIpc) is 3.12. The molecule has 12 heteroatoms. The highest BCUT2D eigenvalue weighted by molar-refractivity contribution is 7.05. The fourth-order valence-corrected chi connectivity index (χ4v) is 3.33. The Morgan fingerprint density at radius 3 is 2.03 bits per heavy atom. The van der Waals surface area contributed by atoms with Crippen molar-refractivity contribution in [2.45, 2.75) is 37.8 Å². The highest BCUT2D eigenvalue weighted by Gasteiger charge is 2.11. The summed E-state index contributed by atoms with van der Waals surface area (Å²) in [6.45, 7) is 1.23. The standard InChI is InChI=1S/C17H29N11S/c1-22-16(26-10-18)24-5-3-12(20)7-14-9-15(29-28-14)8-13(21)4-6-25-17(23-2)27-11-19/h9,12-13H,3-8,20-21H2,1-2H3,(H2,22,24,26)(H2,23,25,27). The number of guanidine groups is 2. The van der Waals surface area contributed by atoms with Crippen molar-refractivity contribution in [3.63, 3.8) is 0 Å². The first-order chi connectivity index (χ1) is 14.0. The summed E-state index contributed by atoms with van der Waals surface area (Å²) in [6.07, 6.45) is 6.52. The van der Waals surface area contributed by atoms with Crippen LogP contribution in [0.3, 0.4) is 0 Å². The minimum Gasteiger partial charge on any atom is -0.356 e. The number of nitriles is 2. The van der Waals surface area contributed by atoms with Crippen LogP contribution in [0.4, 0.5) is 0 Å². The second kappa shape index (κ2) is 14.1. The molecule has 0 spiro atoms. The molecule has 11 nitrogen and oxygen atoms in total. The van der Waals surface area contributed by atoms with Gasteiger partial charge in [-0.05, 0) is 36.9 Å². The Labute approximate surface area is 175 Å². The van der Waals surface area contributed by atoms with Crippen molar-refractivity contribution >= 4 is 23.5 Å². The zero-order valence-electron chi connectivity index (χ0n) is 16.8. The van der Waals surface area contributed by atoms with Crippen LogP contribution in [0.2, 0.25) is 0 Å². The molecule has 0 amide bonds. The highest BCUT2D eigenvalue weighted by Crippen LogP contribution is 2.14. The lowest BCUT2D eigenvalue weighted by molar-refractivity contribution is 0.592. The first kappa shape index (κ1) is 24.1. The predicted molar refractivity (Wildman–Crippen MR) is 115 cm³/mol. The van der Waals surface area contributed by atoms with Crippen LogP contribution in [0.5, 0.6) is 0 Å². The van der Waals surface area contributed by atoms with Gasteiger partial charge in [-0.3, -0.25) is 20.6 Å². The predicted octanol–water partition coefficient (Wildman–Crippen LogP) is -1.04. The molecule has 1 heterocycles. The second-order valence-corrected chi connectivity index (χ2v) is 7.15. The van der Waals surface area contributed by atoms with Crippen molar-refractivity contribution in [3.05, 3.63) is 16.6 Å². The van der Waals surface area contributed by atoms with Crippen molar-refractivity contribution < 1.29 is 0 Å². The maximum Gasteiger partial charge on any atom is 0.204 e. The van der Waals surface area contributed by atoms with Crippen LogP contribution in [0, 0.1) is 22.9 Å². The van der Waals surface area contributed by atoms with E-state index in [1.807, 2.05) is 12.4 Å². The lowest BCUT2D eigenvalue weighted by atomic mass is 10.1. The zero-order valence-corrected chi connectivity index (χ0v) is 17.6. The van der Waals surface area contributed by atoms with Gasteiger partial charge in [0.15, 0.2) is 12.4 Å². The Balaban J connectivity index is 2.33. The maximum absolute atomic E-state index is 8.60. The van der Waals surface area contributed by atoms with E-state index >= 15 is 0 Å². The van der Waals surface area contributed by atoms with Crippen molar-refractivity contribution in [2.75, 3.05) is 27.2 Å². The van der Waals surface area contributed by atoms with Gasteiger partial charge in [0.1, 0.15) is 0 Å². The van der Waals surface area contributed by atoms with Crippen LogP contribution in [-0.2, 0) is 12.8 Å². The van der Waals surface area contributed by atoms with Gasteiger partial charge in [0.25, 0.3) is 0 Å². The quantitative estimate of drug-likeness (QED) is 0.119. The number of nitrogens with two attached hydrogens (primary N) is 2. The molecule has 1 aromatic heterocycles. The molecule has 29 heavy (non-hydrogen) atoms. The minimum atomic E-state index is -0.0464. The molecular weight excluding hydrogens is 390 g/mol. The highest BCUT2D eigenvalue weighted by atomic mass is 32.1. The SMILES string of the molecule is CN=C(NC#N)NCCC(N)Cc1cc(CC(N)CCNC(=NC)NC#N)sn1. The van der Waals surface area contributed by atoms with E-state index in [9.17, 15) is 0 Å². The van der Waals surface area contributed by atoms with Crippen molar-refractivity contribution in [1.82, 2.24) is 25.6 Å². The average molecular weight is 420 g/mol. The number of nitrogens with one attached hydrogen (secondary N) is 4. The van der Waals surface area contributed by atoms with E-state index in [2.05, 4.69) is 41.7 Å². The van der Waals surface area contributed by atoms with Crippen LogP contribution in [-0.4, -0.2) is 55.6 Å². The Hall–Kier alpha value is -2.93. The number of hydrogen-bond acceptors (Lipinski definition) is 8. The van der Waals surface area contributed by atoms with Gasteiger partial charge in [-0.25, -0.2) is 0 Å². The Morgan fingerprint density at radius 2 is 1.55 bits per heavy atom. The molecule has 0 aliphatic heterocycles. The molecule has 2 unspecified atom stereocenters. The molecule has 0 saturated heterocycles. The number of hydrogen-bond donors (Lipinski definition) is 6. The summed E-state index contributed by atoms with van der Waals surface area (Å²) < 4.78 is 4.47. The third-order valence-electron chi connectivity index (χ3n) is 3.95. The molecule has 1 aromatic rings. The van der Waals surface area contributed by atoms with Crippen LogP contribution in [0.15, 0.2) is 16.1 Å². The van der Waals surface area contributed by atoms with E-state index in [1.165, 1.54) is 11.5 Å². The first-order valence-corrected chi connectivity index (χ1v) is 9.96. The van der Waals surface area contributed by atoms with E-state index in [-0.39, 0.29) is 12.1 Å². The molecule has 1 rings (SSSR count). The summed E-state index contributed by atoms with van der Waals surface area (Å²) in [5.74, 6) is 0.865. The van der Waals surface area contributed by atoms with Crippen LogP contribution < -0.4 is 32.7 Å². The molecule has 0 saturated carbocycles. The fraction of sp³-hybridized carbons (Fsp3) is 0.588. The normalized spacial score (nSPS) is 13.7. The molecule has 0 fully saturated rings. The Kier molecular flexibility index (Phi) is 11.7. The van der Waals surface area contributed by atoms with E-state index in [1.54, 1.807) is 14.1 Å². The summed E-state index contributed by atoms with van der Waals surface area (Å²) in [6, 6.07) is 1.99. The van der Waals surface area contributed by atoms with Crippen molar-refractivity contribution in [3.8, 4) is 12.4 Å². The van der Waals surface area contributed by atoms with Crippen LogP contribution >= 0.6 is 11.5 Å². The van der Waals surface area contributed by atoms with Gasteiger partial charge in [0.05, 0.1) is 5.69 Å². The molecule has 8 N–H and O–H groups in total. The number of aliphatic imine (C=N–C) groups is 2. The molecule has 158 valence electrons.